The van der Waals surface area contributed by atoms with Crippen LogP contribution in [0.5, 0.6) is 0 Å². The summed E-state index contributed by atoms with van der Waals surface area (Å²) >= 11 is 3.20. The second-order valence-electron chi connectivity index (χ2n) is 4.87. The third-order valence-corrected chi connectivity index (χ3v) is 5.58. The number of hydrogen-bond donors (Lipinski definition) is 0. The molecule has 0 aliphatic carbocycles. The van der Waals surface area contributed by atoms with E-state index in [0.29, 0.717) is 4.47 Å². The number of rotatable bonds is 4. The van der Waals surface area contributed by atoms with Crippen molar-refractivity contribution in [2.24, 2.45) is 0 Å². The first kappa shape index (κ1) is 18.0. The Kier molecular flexibility index (Phi) is 5.17. The van der Waals surface area contributed by atoms with E-state index in [4.69, 9.17) is 0 Å². The summed E-state index contributed by atoms with van der Waals surface area (Å²) in [5.74, 6) is 0. The van der Waals surface area contributed by atoms with Crippen LogP contribution in [-0.4, -0.2) is 19.8 Å². The van der Waals surface area contributed by atoms with Crippen molar-refractivity contribution >= 4 is 26.0 Å². The molecule has 0 heterocycles. The Bertz CT molecular complexity index is 789. The van der Waals surface area contributed by atoms with Gasteiger partial charge in [-0.05, 0) is 35.9 Å². The van der Waals surface area contributed by atoms with Crippen molar-refractivity contribution in [3.05, 3.63) is 64.1 Å². The minimum atomic E-state index is -4.53. The van der Waals surface area contributed by atoms with Crippen LogP contribution < -0.4 is 0 Å². The smallest absolute Gasteiger partial charge is 0.207 e. The van der Waals surface area contributed by atoms with Crippen LogP contribution in [0.25, 0.3) is 0 Å². The van der Waals surface area contributed by atoms with E-state index in [-0.39, 0.29) is 17.0 Å². The average molecular weight is 408 g/mol. The summed E-state index contributed by atoms with van der Waals surface area (Å²) in [6.07, 6.45) is -4.53. The van der Waals surface area contributed by atoms with Crippen LogP contribution >= 0.6 is 15.9 Å². The first-order valence-electron chi connectivity index (χ1n) is 6.49. The monoisotopic (exact) mass is 407 g/mol. The Hall–Kier alpha value is -1.38. The molecule has 0 aromatic heterocycles. The van der Waals surface area contributed by atoms with Gasteiger partial charge < -0.3 is 0 Å². The predicted molar refractivity (Wildman–Crippen MR) is 84.2 cm³/mol. The van der Waals surface area contributed by atoms with Gasteiger partial charge in [0.15, 0.2) is 0 Å². The maximum atomic E-state index is 13.0. The molecule has 0 fully saturated rings. The molecule has 8 heteroatoms. The van der Waals surface area contributed by atoms with Crippen molar-refractivity contribution in [1.29, 1.82) is 0 Å². The van der Waals surface area contributed by atoms with E-state index < -0.39 is 21.8 Å². The molecular weight excluding hydrogens is 395 g/mol. The first-order chi connectivity index (χ1) is 10.6. The molecule has 0 radical (unpaired) electrons. The summed E-state index contributed by atoms with van der Waals surface area (Å²) in [5, 5.41) is 0. The normalized spacial score (nSPS) is 12.6. The van der Waals surface area contributed by atoms with Gasteiger partial charge in [0.05, 0.1) is 10.5 Å². The molecule has 0 atom stereocenters. The summed E-state index contributed by atoms with van der Waals surface area (Å²) in [5.41, 5.74) is -0.930. The summed E-state index contributed by atoms with van der Waals surface area (Å²) in [7, 11) is -2.62. The Morgan fingerprint density at radius 3 is 2.17 bits per heavy atom. The van der Waals surface area contributed by atoms with Crippen molar-refractivity contribution in [3.63, 3.8) is 0 Å². The third kappa shape index (κ3) is 4.13. The summed E-state index contributed by atoms with van der Waals surface area (Å²) in [6, 6.07) is 10.8. The van der Waals surface area contributed by atoms with E-state index in [1.165, 1.54) is 37.4 Å². The van der Waals surface area contributed by atoms with Crippen LogP contribution in [0.1, 0.15) is 11.1 Å². The number of halogens is 4. The number of benzene rings is 2. The average Bonchev–Trinajstić information content (AvgIpc) is 2.47. The zero-order valence-corrected chi connectivity index (χ0v) is 14.4. The zero-order chi connectivity index (χ0) is 17.3. The lowest BCUT2D eigenvalue weighted by atomic mass is 10.1. The molecule has 2 aromatic carbocycles. The fourth-order valence-corrected chi connectivity index (χ4v) is 3.46. The highest BCUT2D eigenvalue weighted by Crippen LogP contribution is 2.32. The van der Waals surface area contributed by atoms with E-state index in [1.54, 1.807) is 12.1 Å². The van der Waals surface area contributed by atoms with Gasteiger partial charge in [-0.25, -0.2) is 8.42 Å². The van der Waals surface area contributed by atoms with Gasteiger partial charge in [0, 0.05) is 18.1 Å². The molecule has 0 amide bonds. The Morgan fingerprint density at radius 2 is 1.61 bits per heavy atom. The van der Waals surface area contributed by atoms with Crippen molar-refractivity contribution in [1.82, 2.24) is 4.31 Å². The maximum Gasteiger partial charge on any atom is 0.416 e. The van der Waals surface area contributed by atoms with Crippen LogP contribution in [-0.2, 0) is 22.7 Å². The van der Waals surface area contributed by atoms with Crippen LogP contribution in [0.15, 0.2) is 57.9 Å². The lowest BCUT2D eigenvalue weighted by molar-refractivity contribution is -0.138. The van der Waals surface area contributed by atoms with Gasteiger partial charge in [0.25, 0.3) is 0 Å². The molecule has 2 rings (SSSR count). The molecule has 0 saturated carbocycles. The van der Waals surface area contributed by atoms with E-state index >= 15 is 0 Å². The largest absolute Gasteiger partial charge is 0.416 e. The topological polar surface area (TPSA) is 37.4 Å². The number of hydrogen-bond acceptors (Lipinski definition) is 2. The molecule has 2 aromatic rings. The van der Waals surface area contributed by atoms with Gasteiger partial charge in [-0.15, -0.1) is 0 Å². The van der Waals surface area contributed by atoms with E-state index in [0.717, 1.165) is 10.4 Å². The Labute approximate surface area is 140 Å². The standard InChI is InChI=1S/C15H13BrF3NO2S/c1-20(23(21,22)13-8-6-12(16)7-9-13)10-11-4-2-3-5-14(11)15(17,18)19/h2-9H,10H2,1H3. The zero-order valence-electron chi connectivity index (χ0n) is 12.0. The van der Waals surface area contributed by atoms with Gasteiger partial charge >= 0.3 is 6.18 Å². The Morgan fingerprint density at radius 1 is 1.04 bits per heavy atom. The quantitative estimate of drug-likeness (QED) is 0.757. The fourth-order valence-electron chi connectivity index (χ4n) is 2.05. The summed E-state index contributed by atoms with van der Waals surface area (Å²) in [6.45, 7) is -0.367. The molecule has 0 bridgehead atoms. The van der Waals surface area contributed by atoms with Crippen LogP contribution in [0, 0.1) is 0 Å². The summed E-state index contributed by atoms with van der Waals surface area (Å²) in [4.78, 5) is 0.0210. The molecular formula is C15H13BrF3NO2S. The molecule has 0 aliphatic heterocycles. The predicted octanol–water partition coefficient (Wildman–Crippen LogP) is 4.29. The molecule has 0 saturated heterocycles. The van der Waals surface area contributed by atoms with Gasteiger partial charge in [0.1, 0.15) is 0 Å². The highest BCUT2D eigenvalue weighted by atomic mass is 79.9. The lowest BCUT2D eigenvalue weighted by Crippen LogP contribution is -2.27. The van der Waals surface area contributed by atoms with Crippen molar-refractivity contribution in [2.45, 2.75) is 17.6 Å². The van der Waals surface area contributed by atoms with E-state index in [2.05, 4.69) is 15.9 Å². The molecule has 124 valence electrons. The van der Waals surface area contributed by atoms with E-state index in [1.807, 2.05) is 0 Å². The first-order valence-corrected chi connectivity index (χ1v) is 8.72. The SMILES string of the molecule is CN(Cc1ccccc1C(F)(F)F)S(=O)(=O)c1ccc(Br)cc1. The maximum absolute atomic E-state index is 13.0. The van der Waals surface area contributed by atoms with Gasteiger partial charge in [-0.3, -0.25) is 0 Å². The molecule has 23 heavy (non-hydrogen) atoms. The number of alkyl halides is 3. The Balaban J connectivity index is 2.32. The van der Waals surface area contributed by atoms with Gasteiger partial charge in [0.2, 0.25) is 10.0 Å². The lowest BCUT2D eigenvalue weighted by Gasteiger charge is -2.20. The van der Waals surface area contributed by atoms with E-state index in [9.17, 15) is 21.6 Å². The van der Waals surface area contributed by atoms with Crippen LogP contribution in [0.3, 0.4) is 0 Å². The van der Waals surface area contributed by atoms with Crippen molar-refractivity contribution < 1.29 is 21.6 Å². The second-order valence-corrected chi connectivity index (χ2v) is 7.83. The van der Waals surface area contributed by atoms with Crippen molar-refractivity contribution in [3.8, 4) is 0 Å². The fraction of sp³-hybridized carbons (Fsp3) is 0.200. The van der Waals surface area contributed by atoms with Crippen LogP contribution in [0.4, 0.5) is 13.2 Å². The molecule has 3 nitrogen and oxygen atoms in total. The number of sulfonamides is 1. The van der Waals surface area contributed by atoms with Gasteiger partial charge in [-0.2, -0.15) is 17.5 Å². The van der Waals surface area contributed by atoms with Crippen LogP contribution in [0.2, 0.25) is 0 Å². The minimum Gasteiger partial charge on any atom is -0.207 e. The minimum absolute atomic E-state index is 0.0210. The highest BCUT2D eigenvalue weighted by molar-refractivity contribution is 9.10. The number of nitrogens with zero attached hydrogens (tertiary/aromatic N) is 1. The summed E-state index contributed by atoms with van der Waals surface area (Å²) < 4.78 is 65.5. The molecule has 0 unspecified atom stereocenters. The molecule has 0 aliphatic rings. The highest BCUT2D eigenvalue weighted by Gasteiger charge is 2.34. The third-order valence-electron chi connectivity index (χ3n) is 3.24. The second kappa shape index (κ2) is 6.62. The van der Waals surface area contributed by atoms with Crippen molar-refractivity contribution in [2.75, 3.05) is 7.05 Å². The molecule has 0 spiro atoms. The molecule has 0 N–H and O–H groups in total. The van der Waals surface area contributed by atoms with Gasteiger partial charge in [-0.1, -0.05) is 34.1 Å².